The van der Waals surface area contributed by atoms with Crippen LogP contribution in [0.5, 0.6) is 0 Å². The molecule has 0 fully saturated rings. The molecule has 1 aliphatic carbocycles. The zero-order valence-electron chi connectivity index (χ0n) is 11.4. The van der Waals surface area contributed by atoms with Crippen molar-refractivity contribution in [2.75, 3.05) is 14.2 Å². The quantitative estimate of drug-likeness (QED) is 0.484. The van der Waals surface area contributed by atoms with E-state index in [1.165, 1.54) is 26.4 Å². The normalized spacial score (nSPS) is 14.8. The van der Waals surface area contributed by atoms with Gasteiger partial charge in [0, 0.05) is 17.5 Å². The third-order valence-electron chi connectivity index (χ3n) is 3.27. The topological polar surface area (TPSA) is 52.6 Å². The summed E-state index contributed by atoms with van der Waals surface area (Å²) in [4.78, 5) is 23.6. The van der Waals surface area contributed by atoms with E-state index in [-0.39, 0.29) is 16.9 Å². The van der Waals surface area contributed by atoms with Crippen LogP contribution in [0.1, 0.15) is 34.3 Å². The summed E-state index contributed by atoms with van der Waals surface area (Å²) in [5, 5.41) is 0. The van der Waals surface area contributed by atoms with Crippen molar-refractivity contribution in [3.8, 4) is 0 Å². The highest BCUT2D eigenvalue weighted by Crippen LogP contribution is 2.28. The number of hydrogen-bond donors (Lipinski definition) is 0. The second kappa shape index (κ2) is 5.86. The summed E-state index contributed by atoms with van der Waals surface area (Å²) in [7, 11) is 2.55. The maximum Gasteiger partial charge on any atom is 0.341 e. The molecule has 0 saturated heterocycles. The highest BCUT2D eigenvalue weighted by Gasteiger charge is 2.24. The Labute approximate surface area is 116 Å². The Bertz CT molecular complexity index is 590. The lowest BCUT2D eigenvalue weighted by Gasteiger charge is -2.17. The van der Waals surface area contributed by atoms with Gasteiger partial charge in [0.1, 0.15) is 11.4 Å². The fourth-order valence-electron chi connectivity index (χ4n) is 2.31. The summed E-state index contributed by atoms with van der Waals surface area (Å²) in [6.07, 6.45) is 2.95. The number of halogens is 1. The maximum absolute atomic E-state index is 14.2. The molecule has 0 amide bonds. The number of esters is 1. The van der Waals surface area contributed by atoms with Crippen molar-refractivity contribution >= 4 is 17.3 Å². The summed E-state index contributed by atoms with van der Waals surface area (Å²) < 4.78 is 23.6. The molecule has 1 aromatic rings. The molecule has 0 unspecified atom stereocenters. The molecule has 1 aliphatic rings. The fourth-order valence-corrected chi connectivity index (χ4v) is 2.31. The first-order valence-corrected chi connectivity index (χ1v) is 6.25. The number of aryl methyl sites for hydroxylation is 1. The summed E-state index contributed by atoms with van der Waals surface area (Å²) in [5.41, 5.74) is 1.13. The highest BCUT2D eigenvalue weighted by molar-refractivity contribution is 6.16. The molecule has 0 bridgehead atoms. The molecule has 4 nitrogen and oxygen atoms in total. The summed E-state index contributed by atoms with van der Waals surface area (Å²) in [6.45, 7) is 0. The number of ketones is 1. The molecule has 0 radical (unpaired) electrons. The van der Waals surface area contributed by atoms with Crippen LogP contribution in [0.3, 0.4) is 0 Å². The standard InChI is InChI=1S/C15H15FO4/c1-19-8-12(15(18)20-2)11-7-10-9(6-13(11)16)4-3-5-14(10)17/h6-8H,3-5H2,1-2H3/b12-8+. The average Bonchev–Trinajstić information content (AvgIpc) is 2.44. The molecule has 2 rings (SSSR count). The number of carbonyl (C=O) groups excluding carboxylic acids is 2. The molecule has 0 spiro atoms. The Morgan fingerprint density at radius 2 is 2.05 bits per heavy atom. The van der Waals surface area contributed by atoms with Crippen LogP contribution in [-0.4, -0.2) is 26.0 Å². The van der Waals surface area contributed by atoms with Gasteiger partial charge in [-0.2, -0.15) is 0 Å². The molecule has 0 heterocycles. The monoisotopic (exact) mass is 278 g/mol. The van der Waals surface area contributed by atoms with Crippen molar-refractivity contribution in [3.05, 3.63) is 40.9 Å². The molecule has 0 aliphatic heterocycles. The largest absolute Gasteiger partial charge is 0.503 e. The smallest absolute Gasteiger partial charge is 0.341 e. The second-order valence-corrected chi connectivity index (χ2v) is 4.52. The number of hydrogen-bond acceptors (Lipinski definition) is 4. The molecule has 1 aromatic carbocycles. The van der Waals surface area contributed by atoms with Crippen LogP contribution in [0.25, 0.3) is 5.57 Å². The number of fused-ring (bicyclic) bond motifs is 1. The number of methoxy groups -OCH3 is 2. The first kappa shape index (κ1) is 14.2. The van der Waals surface area contributed by atoms with E-state index in [1.807, 2.05) is 0 Å². The minimum absolute atomic E-state index is 0.0210. The van der Waals surface area contributed by atoms with Crippen LogP contribution in [0.2, 0.25) is 0 Å². The molecule has 20 heavy (non-hydrogen) atoms. The third kappa shape index (κ3) is 2.57. The van der Waals surface area contributed by atoms with E-state index in [2.05, 4.69) is 4.74 Å². The van der Waals surface area contributed by atoms with Crippen molar-refractivity contribution in [2.45, 2.75) is 19.3 Å². The SMILES string of the molecule is CO/C=C(/C(=O)OC)c1cc2c(cc1F)CCCC2=O. The third-order valence-corrected chi connectivity index (χ3v) is 3.27. The lowest BCUT2D eigenvalue weighted by molar-refractivity contribution is -0.133. The van der Waals surface area contributed by atoms with Gasteiger partial charge in [0.25, 0.3) is 0 Å². The summed E-state index contributed by atoms with van der Waals surface area (Å²) in [5.74, 6) is -1.31. The van der Waals surface area contributed by atoms with Gasteiger partial charge in [0.15, 0.2) is 5.78 Å². The van der Waals surface area contributed by atoms with Crippen LogP contribution in [0.4, 0.5) is 4.39 Å². The van der Waals surface area contributed by atoms with E-state index < -0.39 is 11.8 Å². The second-order valence-electron chi connectivity index (χ2n) is 4.52. The van der Waals surface area contributed by atoms with Crippen LogP contribution < -0.4 is 0 Å². The Kier molecular flexibility index (Phi) is 4.17. The Balaban J connectivity index is 2.56. The van der Waals surface area contributed by atoms with E-state index in [0.29, 0.717) is 24.0 Å². The minimum Gasteiger partial charge on any atom is -0.503 e. The summed E-state index contributed by atoms with van der Waals surface area (Å²) in [6, 6.07) is 2.72. The number of carbonyl (C=O) groups is 2. The zero-order chi connectivity index (χ0) is 14.7. The molecule has 0 saturated carbocycles. The predicted octanol–water partition coefficient (Wildman–Crippen LogP) is 2.51. The summed E-state index contributed by atoms with van der Waals surface area (Å²) >= 11 is 0. The van der Waals surface area contributed by atoms with E-state index in [4.69, 9.17) is 4.74 Å². The molecule has 0 N–H and O–H groups in total. The minimum atomic E-state index is -0.714. The molecule has 106 valence electrons. The number of ether oxygens (including phenoxy) is 2. The number of benzene rings is 1. The van der Waals surface area contributed by atoms with Gasteiger partial charge in [-0.05, 0) is 30.5 Å². The van der Waals surface area contributed by atoms with E-state index >= 15 is 0 Å². The van der Waals surface area contributed by atoms with E-state index in [0.717, 1.165) is 12.7 Å². The number of Topliss-reactive ketones (excluding diaryl/α,β-unsaturated/α-hetero) is 1. The van der Waals surface area contributed by atoms with Gasteiger partial charge in [-0.3, -0.25) is 4.79 Å². The highest BCUT2D eigenvalue weighted by atomic mass is 19.1. The Morgan fingerprint density at radius 1 is 1.30 bits per heavy atom. The van der Waals surface area contributed by atoms with Gasteiger partial charge in [0.05, 0.1) is 20.5 Å². The Morgan fingerprint density at radius 3 is 2.70 bits per heavy atom. The predicted molar refractivity (Wildman–Crippen MR) is 70.7 cm³/mol. The lowest BCUT2D eigenvalue weighted by atomic mass is 9.88. The van der Waals surface area contributed by atoms with E-state index in [9.17, 15) is 14.0 Å². The van der Waals surface area contributed by atoms with Gasteiger partial charge >= 0.3 is 5.97 Å². The lowest BCUT2D eigenvalue weighted by Crippen LogP contribution is -2.14. The van der Waals surface area contributed by atoms with Gasteiger partial charge in [0.2, 0.25) is 0 Å². The zero-order valence-corrected chi connectivity index (χ0v) is 11.4. The molecule has 0 atom stereocenters. The molecular weight excluding hydrogens is 263 g/mol. The first-order chi connectivity index (χ1) is 9.58. The van der Waals surface area contributed by atoms with Gasteiger partial charge < -0.3 is 9.47 Å². The first-order valence-electron chi connectivity index (χ1n) is 6.25. The van der Waals surface area contributed by atoms with Crippen molar-refractivity contribution in [2.24, 2.45) is 0 Å². The Hall–Kier alpha value is -2.17. The van der Waals surface area contributed by atoms with Crippen molar-refractivity contribution in [1.82, 2.24) is 0 Å². The van der Waals surface area contributed by atoms with Crippen LogP contribution in [0, 0.1) is 5.82 Å². The van der Waals surface area contributed by atoms with Crippen LogP contribution in [0.15, 0.2) is 18.4 Å². The molecule has 5 heteroatoms. The van der Waals surface area contributed by atoms with E-state index in [1.54, 1.807) is 0 Å². The van der Waals surface area contributed by atoms with Crippen molar-refractivity contribution in [3.63, 3.8) is 0 Å². The fraction of sp³-hybridized carbons (Fsp3) is 0.333. The van der Waals surface area contributed by atoms with Crippen LogP contribution >= 0.6 is 0 Å². The van der Waals surface area contributed by atoms with Gasteiger partial charge in [-0.15, -0.1) is 0 Å². The molecular formula is C15H15FO4. The van der Waals surface area contributed by atoms with Crippen molar-refractivity contribution in [1.29, 1.82) is 0 Å². The van der Waals surface area contributed by atoms with Gasteiger partial charge in [-0.1, -0.05) is 0 Å². The van der Waals surface area contributed by atoms with Crippen LogP contribution in [-0.2, 0) is 20.7 Å². The van der Waals surface area contributed by atoms with Gasteiger partial charge in [-0.25, -0.2) is 9.18 Å². The maximum atomic E-state index is 14.2. The van der Waals surface area contributed by atoms with Crippen molar-refractivity contribution < 1.29 is 23.5 Å². The average molecular weight is 278 g/mol. The molecule has 0 aromatic heterocycles. The number of rotatable bonds is 3.